The van der Waals surface area contributed by atoms with Crippen molar-refractivity contribution in [3.63, 3.8) is 0 Å². The van der Waals surface area contributed by atoms with Crippen molar-refractivity contribution in [2.45, 2.75) is 24.3 Å². The van der Waals surface area contributed by atoms with E-state index in [-0.39, 0.29) is 23.5 Å². The molecule has 2 heterocycles. The van der Waals surface area contributed by atoms with E-state index in [0.29, 0.717) is 12.4 Å². The quantitative estimate of drug-likeness (QED) is 0.842. The van der Waals surface area contributed by atoms with Crippen molar-refractivity contribution in [1.29, 1.82) is 0 Å². The standard InChI is InChI=1S/C12H19N3O3S/c1-9-5-6-15(11(9)8-16)19(17,18)10-3-4-12(13-2)14-7-10/h3-4,7,9,11,16H,5-6,8H2,1-2H3,(H,13,14). The smallest absolute Gasteiger partial charge is 0.244 e. The average molecular weight is 285 g/mol. The van der Waals surface area contributed by atoms with Crippen LogP contribution in [0.4, 0.5) is 5.82 Å². The minimum atomic E-state index is -3.57. The van der Waals surface area contributed by atoms with E-state index in [4.69, 9.17) is 0 Å². The highest BCUT2D eigenvalue weighted by atomic mass is 32.2. The molecule has 0 bridgehead atoms. The predicted molar refractivity (Wildman–Crippen MR) is 72.3 cm³/mol. The van der Waals surface area contributed by atoms with E-state index >= 15 is 0 Å². The van der Waals surface area contributed by atoms with Crippen molar-refractivity contribution in [2.75, 3.05) is 25.5 Å². The maximum absolute atomic E-state index is 12.5. The Morgan fingerprint density at radius 2 is 2.26 bits per heavy atom. The molecule has 1 aliphatic rings. The molecule has 0 amide bonds. The van der Waals surface area contributed by atoms with Crippen LogP contribution in [0.5, 0.6) is 0 Å². The van der Waals surface area contributed by atoms with Gasteiger partial charge in [0.1, 0.15) is 10.7 Å². The Kier molecular flexibility index (Phi) is 4.07. The van der Waals surface area contributed by atoms with E-state index in [0.717, 1.165) is 6.42 Å². The summed E-state index contributed by atoms with van der Waals surface area (Å²) < 4.78 is 26.4. The third kappa shape index (κ3) is 2.58. The monoisotopic (exact) mass is 285 g/mol. The van der Waals surface area contributed by atoms with Crippen molar-refractivity contribution in [1.82, 2.24) is 9.29 Å². The second-order valence-electron chi connectivity index (χ2n) is 4.76. The molecule has 0 aromatic carbocycles. The van der Waals surface area contributed by atoms with Crippen LogP contribution < -0.4 is 5.32 Å². The van der Waals surface area contributed by atoms with Crippen LogP contribution in [0.1, 0.15) is 13.3 Å². The summed E-state index contributed by atoms with van der Waals surface area (Å²) in [5.41, 5.74) is 0. The van der Waals surface area contributed by atoms with Gasteiger partial charge in [-0.05, 0) is 24.5 Å². The van der Waals surface area contributed by atoms with Crippen LogP contribution in [0.25, 0.3) is 0 Å². The van der Waals surface area contributed by atoms with Gasteiger partial charge in [0.2, 0.25) is 10.0 Å². The number of hydrogen-bond donors (Lipinski definition) is 2. The number of anilines is 1. The highest BCUT2D eigenvalue weighted by Crippen LogP contribution is 2.29. The van der Waals surface area contributed by atoms with E-state index in [9.17, 15) is 13.5 Å². The molecule has 0 saturated carbocycles. The van der Waals surface area contributed by atoms with Gasteiger partial charge >= 0.3 is 0 Å². The SMILES string of the molecule is CNc1ccc(S(=O)(=O)N2CCC(C)C2CO)cn1. The molecule has 2 unspecified atom stereocenters. The van der Waals surface area contributed by atoms with E-state index in [1.54, 1.807) is 13.1 Å². The molecule has 106 valence electrons. The lowest BCUT2D eigenvalue weighted by Crippen LogP contribution is -2.39. The van der Waals surface area contributed by atoms with Gasteiger partial charge in [0.25, 0.3) is 0 Å². The molecule has 7 heteroatoms. The van der Waals surface area contributed by atoms with Gasteiger partial charge in [-0.2, -0.15) is 4.31 Å². The maximum Gasteiger partial charge on any atom is 0.244 e. The lowest BCUT2D eigenvalue weighted by Gasteiger charge is -2.24. The van der Waals surface area contributed by atoms with E-state index in [1.807, 2.05) is 6.92 Å². The zero-order valence-corrected chi connectivity index (χ0v) is 11.9. The van der Waals surface area contributed by atoms with Gasteiger partial charge in [-0.3, -0.25) is 0 Å². The molecular formula is C12H19N3O3S. The first-order valence-corrected chi connectivity index (χ1v) is 7.71. The lowest BCUT2D eigenvalue weighted by atomic mass is 10.0. The van der Waals surface area contributed by atoms with Crippen LogP contribution in [0.3, 0.4) is 0 Å². The number of nitrogens with zero attached hydrogens (tertiary/aromatic N) is 2. The Balaban J connectivity index is 2.31. The van der Waals surface area contributed by atoms with E-state index < -0.39 is 10.0 Å². The molecule has 2 N–H and O–H groups in total. The fourth-order valence-corrected chi connectivity index (χ4v) is 4.03. The molecule has 2 atom stereocenters. The van der Waals surface area contributed by atoms with E-state index in [1.165, 1.54) is 16.6 Å². The van der Waals surface area contributed by atoms with Crippen molar-refractivity contribution in [2.24, 2.45) is 5.92 Å². The van der Waals surface area contributed by atoms with Crippen molar-refractivity contribution in [3.8, 4) is 0 Å². The summed E-state index contributed by atoms with van der Waals surface area (Å²) in [5, 5.41) is 12.2. The van der Waals surface area contributed by atoms with Crippen LogP contribution in [0.2, 0.25) is 0 Å². The Hall–Kier alpha value is -1.18. The number of rotatable bonds is 4. The molecule has 19 heavy (non-hydrogen) atoms. The van der Waals surface area contributed by atoms with Gasteiger partial charge in [0.15, 0.2) is 0 Å². The fourth-order valence-electron chi connectivity index (χ4n) is 2.36. The Labute approximate surface area is 113 Å². The van der Waals surface area contributed by atoms with Crippen molar-refractivity contribution >= 4 is 15.8 Å². The average Bonchev–Trinajstić information content (AvgIpc) is 2.80. The van der Waals surface area contributed by atoms with Gasteiger partial charge < -0.3 is 10.4 Å². The fraction of sp³-hybridized carbons (Fsp3) is 0.583. The number of pyridine rings is 1. The number of hydrogen-bond acceptors (Lipinski definition) is 5. The third-order valence-corrected chi connectivity index (χ3v) is 5.53. The van der Waals surface area contributed by atoms with Gasteiger partial charge in [-0.25, -0.2) is 13.4 Å². The molecule has 0 spiro atoms. The maximum atomic E-state index is 12.5. The van der Waals surface area contributed by atoms with Gasteiger partial charge in [-0.1, -0.05) is 6.92 Å². The minimum absolute atomic E-state index is 0.150. The summed E-state index contributed by atoms with van der Waals surface area (Å²) in [6.07, 6.45) is 2.12. The highest BCUT2D eigenvalue weighted by Gasteiger charge is 2.39. The molecule has 1 aromatic rings. The molecule has 1 fully saturated rings. The molecule has 2 rings (SSSR count). The second kappa shape index (κ2) is 5.44. The Morgan fingerprint density at radius 1 is 1.53 bits per heavy atom. The van der Waals surface area contributed by atoms with Crippen molar-refractivity contribution < 1.29 is 13.5 Å². The highest BCUT2D eigenvalue weighted by molar-refractivity contribution is 7.89. The summed E-state index contributed by atoms with van der Waals surface area (Å²) in [6, 6.07) is 2.82. The number of aliphatic hydroxyl groups excluding tert-OH is 1. The van der Waals surface area contributed by atoms with Crippen LogP contribution in [0, 0.1) is 5.92 Å². The number of aromatic nitrogens is 1. The molecule has 1 aliphatic heterocycles. The minimum Gasteiger partial charge on any atom is -0.395 e. The summed E-state index contributed by atoms with van der Waals surface area (Å²) in [6.45, 7) is 2.25. The Morgan fingerprint density at radius 3 is 2.79 bits per heavy atom. The second-order valence-corrected chi connectivity index (χ2v) is 6.65. The summed E-state index contributed by atoms with van der Waals surface area (Å²) in [4.78, 5) is 4.19. The van der Waals surface area contributed by atoms with Gasteiger partial charge in [0, 0.05) is 19.8 Å². The van der Waals surface area contributed by atoms with Crippen LogP contribution >= 0.6 is 0 Å². The van der Waals surface area contributed by atoms with E-state index in [2.05, 4.69) is 10.3 Å². The zero-order chi connectivity index (χ0) is 14.0. The molecule has 0 aliphatic carbocycles. The molecule has 6 nitrogen and oxygen atoms in total. The largest absolute Gasteiger partial charge is 0.395 e. The zero-order valence-electron chi connectivity index (χ0n) is 11.1. The number of nitrogens with one attached hydrogen (secondary N) is 1. The summed E-state index contributed by atoms with van der Waals surface area (Å²) >= 11 is 0. The normalized spacial score (nSPS) is 24.6. The van der Waals surface area contributed by atoms with Crippen LogP contribution in [0.15, 0.2) is 23.2 Å². The Bertz CT molecular complexity index is 530. The van der Waals surface area contributed by atoms with Crippen LogP contribution in [-0.2, 0) is 10.0 Å². The topological polar surface area (TPSA) is 82.5 Å². The number of aliphatic hydroxyl groups is 1. The predicted octanol–water partition coefficient (Wildman–Crippen LogP) is 0.515. The van der Waals surface area contributed by atoms with Gasteiger partial charge in [-0.15, -0.1) is 0 Å². The van der Waals surface area contributed by atoms with Crippen molar-refractivity contribution in [3.05, 3.63) is 18.3 Å². The first-order valence-electron chi connectivity index (χ1n) is 6.27. The lowest BCUT2D eigenvalue weighted by molar-refractivity contribution is 0.191. The van der Waals surface area contributed by atoms with Crippen LogP contribution in [-0.4, -0.2) is 49.1 Å². The first kappa shape index (κ1) is 14.2. The summed E-state index contributed by atoms with van der Waals surface area (Å²) in [5.74, 6) is 0.789. The summed E-state index contributed by atoms with van der Waals surface area (Å²) in [7, 11) is -1.85. The first-order chi connectivity index (χ1) is 9.00. The van der Waals surface area contributed by atoms with Gasteiger partial charge in [0.05, 0.1) is 12.6 Å². The number of sulfonamides is 1. The molecule has 1 saturated heterocycles. The molecule has 0 radical (unpaired) electrons. The molecular weight excluding hydrogens is 266 g/mol. The third-order valence-electron chi connectivity index (χ3n) is 3.62. The molecule has 1 aromatic heterocycles.